The fourth-order valence-corrected chi connectivity index (χ4v) is 2.78. The standard InChI is InChI=1S/C18H25N3/c1-3-14-10-11-16(20-13-14)12-18(21-19)17(4-2)15-8-6-5-7-9-15/h5-11,13,17-18,21H,3-4,12,19H2,1-2H3. The molecule has 0 saturated carbocycles. The van der Waals surface area contributed by atoms with Crippen molar-refractivity contribution in [1.82, 2.24) is 10.4 Å². The molecule has 2 rings (SSSR count). The van der Waals surface area contributed by atoms with Crippen LogP contribution in [0.1, 0.15) is 43.0 Å². The Labute approximate surface area is 127 Å². The van der Waals surface area contributed by atoms with Crippen LogP contribution in [0.2, 0.25) is 0 Å². The summed E-state index contributed by atoms with van der Waals surface area (Å²) in [5, 5.41) is 0. The van der Waals surface area contributed by atoms with Crippen molar-refractivity contribution in [3.05, 3.63) is 65.5 Å². The summed E-state index contributed by atoms with van der Waals surface area (Å²) in [6.07, 6.45) is 4.87. The van der Waals surface area contributed by atoms with E-state index in [1.807, 2.05) is 12.3 Å². The van der Waals surface area contributed by atoms with Gasteiger partial charge in [0.15, 0.2) is 0 Å². The van der Waals surface area contributed by atoms with Crippen molar-refractivity contribution in [3.8, 4) is 0 Å². The first kappa shape index (κ1) is 15.7. The van der Waals surface area contributed by atoms with E-state index in [-0.39, 0.29) is 6.04 Å². The molecule has 21 heavy (non-hydrogen) atoms. The summed E-state index contributed by atoms with van der Waals surface area (Å²) in [5.41, 5.74) is 6.67. The lowest BCUT2D eigenvalue weighted by Crippen LogP contribution is -2.41. The van der Waals surface area contributed by atoms with Gasteiger partial charge in [0.1, 0.15) is 0 Å². The molecule has 2 unspecified atom stereocenters. The molecular weight excluding hydrogens is 258 g/mol. The van der Waals surface area contributed by atoms with Crippen LogP contribution in [0, 0.1) is 0 Å². The zero-order chi connectivity index (χ0) is 15.1. The number of aryl methyl sites for hydroxylation is 1. The van der Waals surface area contributed by atoms with Gasteiger partial charge in [-0.1, -0.05) is 50.2 Å². The maximum absolute atomic E-state index is 5.81. The summed E-state index contributed by atoms with van der Waals surface area (Å²) < 4.78 is 0. The van der Waals surface area contributed by atoms with Crippen molar-refractivity contribution in [2.75, 3.05) is 0 Å². The second kappa shape index (κ2) is 7.91. The lowest BCUT2D eigenvalue weighted by molar-refractivity contribution is 0.424. The molecule has 0 saturated heterocycles. The number of hydrogen-bond acceptors (Lipinski definition) is 3. The molecule has 0 radical (unpaired) electrons. The van der Waals surface area contributed by atoms with Crippen molar-refractivity contribution in [3.63, 3.8) is 0 Å². The second-order valence-corrected chi connectivity index (χ2v) is 5.41. The van der Waals surface area contributed by atoms with E-state index in [2.05, 4.69) is 60.7 Å². The molecule has 1 heterocycles. The Kier molecular flexibility index (Phi) is 5.90. The molecule has 2 atom stereocenters. The Bertz CT molecular complexity index is 522. The molecule has 1 aromatic heterocycles. The lowest BCUT2D eigenvalue weighted by atomic mass is 9.87. The summed E-state index contributed by atoms with van der Waals surface area (Å²) in [4.78, 5) is 4.55. The zero-order valence-corrected chi connectivity index (χ0v) is 12.9. The Balaban J connectivity index is 2.13. The summed E-state index contributed by atoms with van der Waals surface area (Å²) in [6.45, 7) is 4.35. The van der Waals surface area contributed by atoms with Crippen molar-refractivity contribution in [2.24, 2.45) is 5.84 Å². The minimum Gasteiger partial charge on any atom is -0.271 e. The average molecular weight is 283 g/mol. The first-order valence-electron chi connectivity index (χ1n) is 7.73. The Morgan fingerprint density at radius 3 is 2.38 bits per heavy atom. The van der Waals surface area contributed by atoms with Gasteiger partial charge in [0.2, 0.25) is 0 Å². The van der Waals surface area contributed by atoms with Gasteiger partial charge in [-0.25, -0.2) is 0 Å². The van der Waals surface area contributed by atoms with Crippen LogP contribution in [0.3, 0.4) is 0 Å². The molecule has 0 spiro atoms. The number of benzene rings is 1. The van der Waals surface area contributed by atoms with Gasteiger partial charge < -0.3 is 0 Å². The maximum Gasteiger partial charge on any atom is 0.0420 e. The predicted molar refractivity (Wildman–Crippen MR) is 87.9 cm³/mol. The molecule has 3 N–H and O–H groups in total. The summed E-state index contributed by atoms with van der Waals surface area (Å²) in [6, 6.07) is 15.0. The highest BCUT2D eigenvalue weighted by Gasteiger charge is 2.21. The Morgan fingerprint density at radius 2 is 1.86 bits per heavy atom. The number of rotatable bonds is 7. The van der Waals surface area contributed by atoms with Crippen LogP contribution in [0.15, 0.2) is 48.7 Å². The van der Waals surface area contributed by atoms with Crippen molar-refractivity contribution in [1.29, 1.82) is 0 Å². The van der Waals surface area contributed by atoms with E-state index in [4.69, 9.17) is 5.84 Å². The predicted octanol–water partition coefficient (Wildman–Crippen LogP) is 3.21. The third-order valence-corrected chi connectivity index (χ3v) is 4.09. The molecule has 112 valence electrons. The van der Waals surface area contributed by atoms with E-state index in [0.29, 0.717) is 5.92 Å². The highest BCUT2D eigenvalue weighted by atomic mass is 15.2. The number of nitrogens with one attached hydrogen (secondary N) is 1. The number of hydrogen-bond donors (Lipinski definition) is 2. The average Bonchev–Trinajstić information content (AvgIpc) is 2.56. The number of aromatic nitrogens is 1. The van der Waals surface area contributed by atoms with Crippen LogP contribution in [-0.4, -0.2) is 11.0 Å². The molecule has 3 heteroatoms. The quantitative estimate of drug-likeness (QED) is 0.606. The molecule has 3 nitrogen and oxygen atoms in total. The highest BCUT2D eigenvalue weighted by Crippen LogP contribution is 2.24. The monoisotopic (exact) mass is 283 g/mol. The molecule has 2 aromatic rings. The van der Waals surface area contributed by atoms with Gasteiger partial charge in [-0.05, 0) is 30.0 Å². The van der Waals surface area contributed by atoms with Crippen molar-refractivity contribution in [2.45, 2.75) is 45.1 Å². The molecule has 0 amide bonds. The Morgan fingerprint density at radius 1 is 1.10 bits per heavy atom. The minimum absolute atomic E-state index is 0.192. The van der Waals surface area contributed by atoms with Crippen molar-refractivity contribution >= 4 is 0 Å². The van der Waals surface area contributed by atoms with Gasteiger partial charge in [-0.2, -0.15) is 0 Å². The number of nitrogens with two attached hydrogens (primary N) is 1. The van der Waals surface area contributed by atoms with Crippen LogP contribution in [-0.2, 0) is 12.8 Å². The van der Waals surface area contributed by atoms with Crippen LogP contribution < -0.4 is 11.3 Å². The SMILES string of the molecule is CCc1ccc(CC(NN)C(CC)c2ccccc2)nc1. The van der Waals surface area contributed by atoms with Gasteiger partial charge in [0, 0.05) is 30.3 Å². The normalized spacial score (nSPS) is 13.9. The summed E-state index contributed by atoms with van der Waals surface area (Å²) >= 11 is 0. The fourth-order valence-electron chi connectivity index (χ4n) is 2.78. The molecule has 0 fully saturated rings. The summed E-state index contributed by atoms with van der Waals surface area (Å²) in [7, 11) is 0. The molecular formula is C18H25N3. The van der Waals surface area contributed by atoms with E-state index in [1.54, 1.807) is 0 Å². The highest BCUT2D eigenvalue weighted by molar-refractivity contribution is 5.22. The molecule has 0 bridgehead atoms. The van der Waals surface area contributed by atoms with Crippen LogP contribution >= 0.6 is 0 Å². The van der Waals surface area contributed by atoms with Gasteiger partial charge in [-0.3, -0.25) is 16.3 Å². The van der Waals surface area contributed by atoms with Gasteiger partial charge in [-0.15, -0.1) is 0 Å². The van der Waals surface area contributed by atoms with E-state index >= 15 is 0 Å². The molecule has 1 aromatic carbocycles. The molecule has 0 aliphatic rings. The van der Waals surface area contributed by atoms with E-state index in [9.17, 15) is 0 Å². The van der Waals surface area contributed by atoms with E-state index in [0.717, 1.165) is 25.0 Å². The smallest absolute Gasteiger partial charge is 0.0420 e. The topological polar surface area (TPSA) is 50.9 Å². The third-order valence-electron chi connectivity index (χ3n) is 4.09. The fraction of sp³-hybridized carbons (Fsp3) is 0.389. The van der Waals surface area contributed by atoms with Gasteiger partial charge in [0.25, 0.3) is 0 Å². The van der Waals surface area contributed by atoms with Crippen molar-refractivity contribution < 1.29 is 0 Å². The third kappa shape index (κ3) is 4.13. The summed E-state index contributed by atoms with van der Waals surface area (Å²) in [5.74, 6) is 6.21. The number of hydrazine groups is 1. The first-order chi connectivity index (χ1) is 10.3. The maximum atomic E-state index is 5.81. The first-order valence-corrected chi connectivity index (χ1v) is 7.73. The van der Waals surface area contributed by atoms with Crippen LogP contribution in [0.25, 0.3) is 0 Å². The number of pyridine rings is 1. The van der Waals surface area contributed by atoms with Gasteiger partial charge in [0.05, 0.1) is 0 Å². The Hall–Kier alpha value is -1.71. The van der Waals surface area contributed by atoms with Gasteiger partial charge >= 0.3 is 0 Å². The van der Waals surface area contributed by atoms with Crippen LogP contribution in [0.5, 0.6) is 0 Å². The minimum atomic E-state index is 0.192. The molecule has 0 aliphatic heterocycles. The van der Waals surface area contributed by atoms with E-state index < -0.39 is 0 Å². The van der Waals surface area contributed by atoms with E-state index in [1.165, 1.54) is 11.1 Å². The molecule has 0 aliphatic carbocycles. The number of nitrogens with zero attached hydrogens (tertiary/aromatic N) is 1. The second-order valence-electron chi connectivity index (χ2n) is 5.41. The zero-order valence-electron chi connectivity index (χ0n) is 12.9. The lowest BCUT2D eigenvalue weighted by Gasteiger charge is -2.26. The van der Waals surface area contributed by atoms with Crippen LogP contribution in [0.4, 0.5) is 0 Å². The largest absolute Gasteiger partial charge is 0.271 e.